The van der Waals surface area contributed by atoms with E-state index in [2.05, 4.69) is 23.6 Å². The molecule has 0 bridgehead atoms. The number of rotatable bonds is 9. The first kappa shape index (κ1) is 41.0. The summed E-state index contributed by atoms with van der Waals surface area (Å²) >= 11 is 5.67. The van der Waals surface area contributed by atoms with Gasteiger partial charge in [-0.15, -0.1) is 0 Å². The third-order valence-electron chi connectivity index (χ3n) is 8.46. The van der Waals surface area contributed by atoms with Gasteiger partial charge in [0.15, 0.2) is 5.11 Å². The van der Waals surface area contributed by atoms with Gasteiger partial charge in [-0.05, 0) is 88.3 Å². The number of carbonyl (C=O) groups excluding carboxylic acids is 2. The Morgan fingerprint density at radius 2 is 1.63 bits per heavy atom. The van der Waals surface area contributed by atoms with Crippen molar-refractivity contribution < 1.29 is 50.6 Å². The molecule has 2 aromatic carbocycles. The summed E-state index contributed by atoms with van der Waals surface area (Å²) in [6.07, 6.45) is -9.23. The maximum atomic E-state index is 13.7. The van der Waals surface area contributed by atoms with Crippen molar-refractivity contribution in [3.63, 3.8) is 0 Å². The molecule has 0 saturated carbocycles. The Balaban J connectivity index is 0.000000908. The molecule has 51 heavy (non-hydrogen) atoms. The number of alkyl halides is 6. The van der Waals surface area contributed by atoms with Crippen LogP contribution in [0.25, 0.3) is 0 Å². The summed E-state index contributed by atoms with van der Waals surface area (Å²) in [5.41, 5.74) is 3.99. The molecule has 2 saturated heterocycles. The molecule has 2 aliphatic rings. The number of aryl methyl sites for hydroxylation is 1. The van der Waals surface area contributed by atoms with Gasteiger partial charge in [0.2, 0.25) is 5.91 Å². The molecule has 2 aromatic rings. The molecule has 11 nitrogen and oxygen atoms in total. The van der Waals surface area contributed by atoms with E-state index < -0.39 is 40.9 Å². The molecule has 4 rings (SSSR count). The standard InChI is InChI=1S/C31H37F3N6O3S.C2HF3O2/c1-6-21-13-24(9-10-26(21)43-12-11-37-16-19(2)38(18-27(36)41)20(3)17-37)40-29(44)39(28(42)30(40,4)5)23-8-7-22(15-35)25(14-23)31(32,33)34;3-2(4,5)1(6)7/h7-10,13-14,19-20H,6,11-12,16-18H2,1-5H3,(H2,36,41);(H,6,7)/t19-,20-;/m1./s1. The Hall–Kier alpha value is -4.47. The van der Waals surface area contributed by atoms with Crippen molar-refractivity contribution in [3.8, 4) is 11.8 Å². The number of hydrogen-bond donors (Lipinski definition) is 2. The summed E-state index contributed by atoms with van der Waals surface area (Å²) in [5.74, 6) is -2.89. The molecule has 278 valence electrons. The Kier molecular flexibility index (Phi) is 12.7. The Bertz CT molecular complexity index is 1680. The largest absolute Gasteiger partial charge is 0.492 e. The smallest absolute Gasteiger partial charge is 0.490 e. The number of primary amides is 1. The van der Waals surface area contributed by atoms with Crippen LogP contribution >= 0.6 is 12.2 Å². The maximum absolute atomic E-state index is 13.7. The van der Waals surface area contributed by atoms with Crippen molar-refractivity contribution >= 4 is 46.5 Å². The molecule has 0 radical (unpaired) electrons. The average Bonchev–Trinajstić information content (AvgIpc) is 3.20. The molecule has 3 N–H and O–H groups in total. The molecule has 2 fully saturated rings. The molecule has 0 aromatic heterocycles. The highest BCUT2D eigenvalue weighted by Crippen LogP contribution is 2.40. The number of anilines is 2. The number of piperazine rings is 1. The SMILES string of the molecule is CCc1cc(N2C(=S)N(c3ccc(C#N)c(C(F)(F)F)c3)C(=O)C2(C)C)ccc1OCCN1C[C@@H](C)N(CC(N)=O)[C@H](C)C1.O=C(O)C(F)(F)F. The molecule has 2 heterocycles. The van der Waals surface area contributed by atoms with Crippen LogP contribution < -0.4 is 20.3 Å². The topological polar surface area (TPSA) is 143 Å². The number of halogens is 6. The molecular weight excluding hydrogens is 706 g/mol. The number of ether oxygens (including phenoxy) is 1. The van der Waals surface area contributed by atoms with E-state index in [1.807, 2.05) is 19.1 Å². The summed E-state index contributed by atoms with van der Waals surface area (Å²) in [7, 11) is 0. The van der Waals surface area contributed by atoms with Gasteiger partial charge in [-0.25, -0.2) is 4.79 Å². The third-order valence-corrected chi connectivity index (χ3v) is 8.83. The number of thiocarbonyl (C=S) groups is 1. The van der Waals surface area contributed by atoms with Gasteiger partial charge in [-0.1, -0.05) is 6.92 Å². The fourth-order valence-electron chi connectivity index (χ4n) is 6.01. The van der Waals surface area contributed by atoms with Crippen molar-refractivity contribution in [3.05, 3.63) is 53.1 Å². The Labute approximate surface area is 296 Å². The third kappa shape index (κ3) is 9.45. The number of carboxylic acids is 1. The van der Waals surface area contributed by atoms with Gasteiger partial charge in [0.1, 0.15) is 17.9 Å². The minimum Gasteiger partial charge on any atom is -0.492 e. The lowest BCUT2D eigenvalue weighted by Gasteiger charge is -2.43. The van der Waals surface area contributed by atoms with E-state index in [0.29, 0.717) is 31.0 Å². The van der Waals surface area contributed by atoms with E-state index in [0.717, 1.165) is 35.7 Å². The lowest BCUT2D eigenvalue weighted by Crippen LogP contribution is -2.58. The normalized spacial score (nSPS) is 19.7. The van der Waals surface area contributed by atoms with Crippen molar-refractivity contribution in [1.29, 1.82) is 5.26 Å². The number of nitrogens with zero attached hydrogens (tertiary/aromatic N) is 5. The zero-order chi connectivity index (χ0) is 38.6. The van der Waals surface area contributed by atoms with Crippen LogP contribution in [0, 0.1) is 11.3 Å². The van der Waals surface area contributed by atoms with Gasteiger partial charge in [-0.2, -0.15) is 31.6 Å². The van der Waals surface area contributed by atoms with E-state index >= 15 is 0 Å². The number of benzene rings is 2. The number of nitriles is 1. The molecule has 2 aliphatic heterocycles. The van der Waals surface area contributed by atoms with Gasteiger partial charge in [0.25, 0.3) is 5.91 Å². The van der Waals surface area contributed by atoms with Crippen LogP contribution in [0.15, 0.2) is 36.4 Å². The Morgan fingerprint density at radius 3 is 2.12 bits per heavy atom. The summed E-state index contributed by atoms with van der Waals surface area (Å²) in [6.45, 7) is 12.4. The summed E-state index contributed by atoms with van der Waals surface area (Å²) in [6, 6.07) is 10.5. The van der Waals surface area contributed by atoms with Crippen LogP contribution in [-0.4, -0.2) is 94.4 Å². The molecule has 0 unspecified atom stereocenters. The predicted octanol–water partition coefficient (Wildman–Crippen LogP) is 4.95. The van der Waals surface area contributed by atoms with Gasteiger partial charge in [0.05, 0.1) is 29.4 Å². The fraction of sp³-hybridized carbons (Fsp3) is 0.485. The van der Waals surface area contributed by atoms with Crippen LogP contribution in [0.5, 0.6) is 5.75 Å². The molecule has 0 spiro atoms. The van der Waals surface area contributed by atoms with Crippen LogP contribution in [0.3, 0.4) is 0 Å². The molecular formula is C33H38F6N6O5S. The molecule has 2 atom stereocenters. The number of carbonyl (C=O) groups is 3. The number of nitrogens with two attached hydrogens (primary N) is 1. The van der Waals surface area contributed by atoms with Crippen LogP contribution in [0.2, 0.25) is 0 Å². The highest BCUT2D eigenvalue weighted by atomic mass is 32.1. The number of carboxylic acid groups (broad SMARTS) is 1. The first-order valence-electron chi connectivity index (χ1n) is 15.7. The van der Waals surface area contributed by atoms with E-state index in [9.17, 15) is 41.2 Å². The molecule has 18 heteroatoms. The van der Waals surface area contributed by atoms with Crippen molar-refractivity contribution in [2.45, 2.75) is 71.0 Å². The molecule has 0 aliphatic carbocycles. The first-order chi connectivity index (χ1) is 23.5. The first-order valence-corrected chi connectivity index (χ1v) is 16.1. The van der Waals surface area contributed by atoms with Gasteiger partial charge in [0, 0.05) is 37.4 Å². The monoisotopic (exact) mass is 744 g/mol. The van der Waals surface area contributed by atoms with E-state index in [4.69, 9.17) is 32.6 Å². The minimum atomic E-state index is -5.08. The van der Waals surface area contributed by atoms with Crippen LogP contribution in [0.4, 0.5) is 37.7 Å². The number of hydrogen-bond acceptors (Lipinski definition) is 8. The minimum absolute atomic E-state index is 0.0345. The lowest BCUT2D eigenvalue weighted by molar-refractivity contribution is -0.192. The summed E-state index contributed by atoms with van der Waals surface area (Å²) in [4.78, 5) is 41.0. The molecule has 2 amide bonds. The van der Waals surface area contributed by atoms with Gasteiger partial charge < -0.3 is 20.5 Å². The second-order valence-corrected chi connectivity index (χ2v) is 12.9. The second kappa shape index (κ2) is 15.8. The highest BCUT2D eigenvalue weighted by Gasteiger charge is 2.51. The quantitative estimate of drug-likeness (QED) is 0.268. The summed E-state index contributed by atoms with van der Waals surface area (Å²) in [5, 5.41) is 16.3. The van der Waals surface area contributed by atoms with Crippen LogP contribution in [0.1, 0.15) is 51.3 Å². The highest BCUT2D eigenvalue weighted by molar-refractivity contribution is 7.81. The second-order valence-electron chi connectivity index (χ2n) is 12.6. The van der Waals surface area contributed by atoms with Crippen molar-refractivity contribution in [2.24, 2.45) is 5.73 Å². The van der Waals surface area contributed by atoms with E-state index in [1.54, 1.807) is 30.9 Å². The Morgan fingerprint density at radius 1 is 1.06 bits per heavy atom. The zero-order valence-corrected chi connectivity index (χ0v) is 29.2. The maximum Gasteiger partial charge on any atom is 0.490 e. The fourth-order valence-corrected chi connectivity index (χ4v) is 6.53. The van der Waals surface area contributed by atoms with Gasteiger partial charge >= 0.3 is 18.3 Å². The summed E-state index contributed by atoms with van der Waals surface area (Å²) < 4.78 is 78.9. The van der Waals surface area contributed by atoms with E-state index in [1.165, 1.54) is 6.07 Å². The van der Waals surface area contributed by atoms with Crippen molar-refractivity contribution in [1.82, 2.24) is 9.80 Å². The van der Waals surface area contributed by atoms with E-state index in [-0.39, 0.29) is 35.3 Å². The zero-order valence-electron chi connectivity index (χ0n) is 28.4. The van der Waals surface area contributed by atoms with Crippen LogP contribution in [-0.2, 0) is 27.0 Å². The van der Waals surface area contributed by atoms with Gasteiger partial charge in [-0.3, -0.25) is 24.3 Å². The van der Waals surface area contributed by atoms with Crippen molar-refractivity contribution in [2.75, 3.05) is 42.6 Å². The average molecular weight is 745 g/mol. The number of aliphatic carboxylic acids is 1. The number of amides is 2. The predicted molar refractivity (Wildman–Crippen MR) is 179 cm³/mol. The lowest BCUT2D eigenvalue weighted by atomic mass is 10.0.